The molecule has 0 radical (unpaired) electrons. The molecule has 0 spiro atoms. The number of rotatable bonds is 4. The summed E-state index contributed by atoms with van der Waals surface area (Å²) < 4.78 is 0. The fraction of sp³-hybridized carbons (Fsp3) is 0.316. The van der Waals surface area contributed by atoms with Gasteiger partial charge >= 0.3 is 0 Å². The number of nitriles is 1. The van der Waals surface area contributed by atoms with Crippen LogP contribution in [0.2, 0.25) is 0 Å². The van der Waals surface area contributed by atoms with Crippen LogP contribution in [0.4, 0.5) is 0 Å². The lowest BCUT2D eigenvalue weighted by molar-refractivity contribution is -0.128. The summed E-state index contributed by atoms with van der Waals surface area (Å²) in [6, 6.07) is 11.9. The first kappa shape index (κ1) is 18.0. The van der Waals surface area contributed by atoms with Crippen LogP contribution in [-0.4, -0.2) is 29.9 Å². The second-order valence-corrected chi connectivity index (χ2v) is 6.97. The second-order valence-electron chi connectivity index (χ2n) is 5.88. The number of carbonyl (C=O) groups is 1. The topological polar surface area (TPSA) is 57.0 Å². The minimum absolute atomic E-state index is 0.0206. The Morgan fingerprint density at radius 1 is 1.17 bits per heavy atom. The number of aryl methyl sites for hydroxylation is 1. The zero-order chi connectivity index (χ0) is 17.9. The van der Waals surface area contributed by atoms with Crippen molar-refractivity contribution in [3.05, 3.63) is 58.3 Å². The minimum Gasteiger partial charge on any atom is -0.348 e. The lowest BCUT2D eigenvalue weighted by atomic mass is 10.1. The first-order valence-corrected chi connectivity index (χ1v) is 8.55. The lowest BCUT2D eigenvalue weighted by Crippen LogP contribution is -2.26. The summed E-state index contributed by atoms with van der Waals surface area (Å²) in [5.74, 6) is -0.0206. The van der Waals surface area contributed by atoms with Gasteiger partial charge in [-0.25, -0.2) is 4.98 Å². The van der Waals surface area contributed by atoms with Gasteiger partial charge in [0.25, 0.3) is 0 Å². The molecule has 2 aromatic rings. The number of hydrogen-bond donors (Lipinski definition) is 0. The predicted octanol–water partition coefficient (Wildman–Crippen LogP) is 3.80. The molecule has 0 saturated carbocycles. The third-order valence-electron chi connectivity index (χ3n) is 4.07. The van der Waals surface area contributed by atoms with Crippen molar-refractivity contribution in [2.24, 2.45) is 0 Å². The van der Waals surface area contributed by atoms with Gasteiger partial charge in [-0.2, -0.15) is 5.26 Å². The second kappa shape index (κ2) is 7.50. The average molecular weight is 339 g/mol. The van der Waals surface area contributed by atoms with E-state index in [0.717, 1.165) is 22.4 Å². The number of hydrogen-bond acceptors (Lipinski definition) is 4. The van der Waals surface area contributed by atoms with Gasteiger partial charge in [0.15, 0.2) is 0 Å². The highest BCUT2D eigenvalue weighted by molar-refractivity contribution is 8.00. The SMILES string of the molecule is Cc1nc(S[C@@H](C(=O)N(C)C)c2ccccc2)c(C#N)c(C)c1C. The van der Waals surface area contributed by atoms with Gasteiger partial charge in [0.05, 0.1) is 5.56 Å². The molecule has 1 aromatic heterocycles. The molecule has 124 valence electrons. The van der Waals surface area contributed by atoms with Gasteiger partial charge in [0, 0.05) is 19.8 Å². The van der Waals surface area contributed by atoms with Crippen molar-refractivity contribution in [2.75, 3.05) is 14.1 Å². The number of pyridine rings is 1. The van der Waals surface area contributed by atoms with Crippen LogP contribution in [0.15, 0.2) is 35.4 Å². The van der Waals surface area contributed by atoms with E-state index in [2.05, 4.69) is 11.1 Å². The van der Waals surface area contributed by atoms with Crippen molar-refractivity contribution >= 4 is 17.7 Å². The van der Waals surface area contributed by atoms with Gasteiger partial charge in [-0.05, 0) is 37.5 Å². The number of carbonyl (C=O) groups excluding carboxylic acids is 1. The zero-order valence-corrected chi connectivity index (χ0v) is 15.4. The van der Waals surface area contributed by atoms with E-state index in [1.165, 1.54) is 11.8 Å². The highest BCUT2D eigenvalue weighted by Gasteiger charge is 2.26. The lowest BCUT2D eigenvalue weighted by Gasteiger charge is -2.21. The molecule has 1 heterocycles. The fourth-order valence-electron chi connectivity index (χ4n) is 2.36. The summed E-state index contributed by atoms with van der Waals surface area (Å²) in [5, 5.41) is 9.73. The van der Waals surface area contributed by atoms with E-state index in [0.29, 0.717) is 10.6 Å². The summed E-state index contributed by atoms with van der Waals surface area (Å²) in [6.45, 7) is 5.82. The Hall–Kier alpha value is -2.32. The molecule has 1 amide bonds. The van der Waals surface area contributed by atoms with Crippen LogP contribution in [0.1, 0.15) is 33.2 Å². The van der Waals surface area contributed by atoms with Crippen molar-refractivity contribution in [3.8, 4) is 6.07 Å². The highest BCUT2D eigenvalue weighted by atomic mass is 32.2. The van der Waals surface area contributed by atoms with Crippen LogP contribution in [0, 0.1) is 32.1 Å². The molecule has 0 N–H and O–H groups in total. The van der Waals surface area contributed by atoms with E-state index in [9.17, 15) is 10.1 Å². The Morgan fingerprint density at radius 2 is 1.79 bits per heavy atom. The van der Waals surface area contributed by atoms with Crippen LogP contribution in [0.5, 0.6) is 0 Å². The van der Waals surface area contributed by atoms with E-state index in [1.54, 1.807) is 19.0 Å². The molecule has 24 heavy (non-hydrogen) atoms. The molecule has 0 aliphatic rings. The molecule has 0 aliphatic carbocycles. The number of benzene rings is 1. The number of likely N-dealkylation sites (N-methyl/N-ethyl adjacent to an activating group) is 1. The maximum atomic E-state index is 12.7. The molecular formula is C19H21N3OS. The Bertz CT molecular complexity index is 794. The predicted molar refractivity (Wildman–Crippen MR) is 96.9 cm³/mol. The minimum atomic E-state index is -0.428. The first-order chi connectivity index (χ1) is 11.4. The quantitative estimate of drug-likeness (QED) is 0.795. The average Bonchev–Trinajstić information content (AvgIpc) is 2.58. The summed E-state index contributed by atoms with van der Waals surface area (Å²) in [5.41, 5.74) is 4.29. The van der Waals surface area contributed by atoms with Crippen molar-refractivity contribution in [3.63, 3.8) is 0 Å². The third-order valence-corrected chi connectivity index (χ3v) is 5.30. The van der Waals surface area contributed by atoms with Crippen LogP contribution in [0.3, 0.4) is 0 Å². The zero-order valence-electron chi connectivity index (χ0n) is 14.6. The van der Waals surface area contributed by atoms with Gasteiger partial charge in [-0.15, -0.1) is 0 Å². The number of thioether (sulfide) groups is 1. The van der Waals surface area contributed by atoms with Crippen LogP contribution in [0.25, 0.3) is 0 Å². The normalized spacial score (nSPS) is 11.7. The molecule has 0 bridgehead atoms. The van der Waals surface area contributed by atoms with E-state index >= 15 is 0 Å². The largest absolute Gasteiger partial charge is 0.348 e. The molecule has 1 aromatic carbocycles. The molecule has 0 unspecified atom stereocenters. The maximum absolute atomic E-state index is 12.7. The molecule has 0 fully saturated rings. The molecule has 0 saturated heterocycles. The molecule has 2 rings (SSSR count). The van der Waals surface area contributed by atoms with Crippen molar-refractivity contribution in [1.29, 1.82) is 5.26 Å². The maximum Gasteiger partial charge on any atom is 0.240 e. The fourth-order valence-corrected chi connectivity index (χ4v) is 3.70. The number of nitrogens with zero attached hydrogens (tertiary/aromatic N) is 3. The number of amides is 1. The Morgan fingerprint density at radius 3 is 2.33 bits per heavy atom. The summed E-state index contributed by atoms with van der Waals surface area (Å²) in [4.78, 5) is 18.8. The molecule has 0 aliphatic heterocycles. The monoisotopic (exact) mass is 339 g/mol. The van der Waals surface area contributed by atoms with E-state index in [4.69, 9.17) is 0 Å². The standard InChI is InChI=1S/C19H21N3OS/c1-12-13(2)16(11-20)18(21-14(12)3)24-17(19(23)22(4)5)15-9-7-6-8-10-15/h6-10,17H,1-5H3/t17-/m1/s1. The van der Waals surface area contributed by atoms with Crippen LogP contribution >= 0.6 is 11.8 Å². The van der Waals surface area contributed by atoms with E-state index < -0.39 is 5.25 Å². The first-order valence-electron chi connectivity index (χ1n) is 7.67. The van der Waals surface area contributed by atoms with Crippen molar-refractivity contribution in [1.82, 2.24) is 9.88 Å². The van der Waals surface area contributed by atoms with Gasteiger partial charge in [0.2, 0.25) is 5.91 Å². The van der Waals surface area contributed by atoms with Crippen LogP contribution < -0.4 is 0 Å². The summed E-state index contributed by atoms with van der Waals surface area (Å²) >= 11 is 1.34. The molecule has 1 atom stereocenters. The summed E-state index contributed by atoms with van der Waals surface area (Å²) in [6.07, 6.45) is 0. The van der Waals surface area contributed by atoms with Crippen molar-refractivity contribution in [2.45, 2.75) is 31.0 Å². The Labute approximate surface area is 147 Å². The molecular weight excluding hydrogens is 318 g/mol. The highest BCUT2D eigenvalue weighted by Crippen LogP contribution is 2.38. The van der Waals surface area contributed by atoms with Gasteiger partial charge in [-0.1, -0.05) is 42.1 Å². The van der Waals surface area contributed by atoms with E-state index in [1.807, 2.05) is 51.1 Å². The molecule has 4 nitrogen and oxygen atoms in total. The van der Waals surface area contributed by atoms with Crippen LogP contribution in [-0.2, 0) is 4.79 Å². The van der Waals surface area contributed by atoms with Gasteiger partial charge in [-0.3, -0.25) is 4.79 Å². The molecule has 5 heteroatoms. The number of aromatic nitrogens is 1. The smallest absolute Gasteiger partial charge is 0.240 e. The third kappa shape index (κ3) is 3.60. The Kier molecular flexibility index (Phi) is 5.63. The van der Waals surface area contributed by atoms with E-state index in [-0.39, 0.29) is 5.91 Å². The van der Waals surface area contributed by atoms with Crippen molar-refractivity contribution < 1.29 is 4.79 Å². The van der Waals surface area contributed by atoms with Gasteiger partial charge in [0.1, 0.15) is 16.3 Å². The Balaban J connectivity index is 2.52. The summed E-state index contributed by atoms with van der Waals surface area (Å²) in [7, 11) is 3.48. The van der Waals surface area contributed by atoms with Gasteiger partial charge < -0.3 is 4.90 Å².